The number of halogens is 1. The van der Waals surface area contributed by atoms with Gasteiger partial charge in [0.05, 0.1) is 0 Å². The molecule has 0 aromatic heterocycles. The van der Waals surface area contributed by atoms with Gasteiger partial charge in [-0.15, -0.1) is 0 Å². The number of benzene rings is 1. The molecular weight excluding hydrogens is 210 g/mol. The van der Waals surface area contributed by atoms with E-state index >= 15 is 0 Å². The van der Waals surface area contributed by atoms with Gasteiger partial charge >= 0.3 is 0 Å². The Bertz CT molecular complexity index is 340. The number of nitrogens with one attached hydrogen (secondary N) is 1. The third-order valence-corrected chi connectivity index (χ3v) is 2.80. The molecule has 1 aliphatic rings. The molecule has 3 heteroatoms. The maximum Gasteiger partial charge on any atom is 0.123 e. The number of fused-ring (bicyclic) bond motifs is 1. The van der Waals surface area contributed by atoms with Gasteiger partial charge in [0.15, 0.2) is 0 Å². The van der Waals surface area contributed by atoms with E-state index in [2.05, 4.69) is 12.2 Å². The number of hydrogen-bond acceptors (Lipinski definition) is 2. The van der Waals surface area contributed by atoms with E-state index in [1.165, 1.54) is 5.56 Å². The van der Waals surface area contributed by atoms with Gasteiger partial charge in [-0.25, -0.2) is 0 Å². The summed E-state index contributed by atoms with van der Waals surface area (Å²) in [6.45, 7) is 4.13. The summed E-state index contributed by atoms with van der Waals surface area (Å²) < 4.78 is 5.79. The average molecular weight is 226 g/mol. The van der Waals surface area contributed by atoms with Crippen LogP contribution in [0.1, 0.15) is 18.9 Å². The molecule has 2 rings (SSSR count). The molecule has 1 N–H and O–H groups in total. The van der Waals surface area contributed by atoms with Crippen LogP contribution in [0.25, 0.3) is 0 Å². The Balaban J connectivity index is 1.91. The van der Waals surface area contributed by atoms with Crippen molar-refractivity contribution < 1.29 is 4.74 Å². The Morgan fingerprint density at radius 2 is 2.40 bits per heavy atom. The van der Waals surface area contributed by atoms with Crippen molar-refractivity contribution in [2.45, 2.75) is 25.9 Å². The second-order valence-electron chi connectivity index (χ2n) is 3.90. The fraction of sp³-hybridized carbons (Fsp3) is 0.500. The highest BCUT2D eigenvalue weighted by Crippen LogP contribution is 2.30. The van der Waals surface area contributed by atoms with E-state index in [4.69, 9.17) is 16.3 Å². The van der Waals surface area contributed by atoms with Crippen molar-refractivity contribution in [2.75, 3.05) is 13.1 Å². The lowest BCUT2D eigenvalue weighted by Gasteiger charge is -2.10. The van der Waals surface area contributed by atoms with Crippen LogP contribution in [0.15, 0.2) is 18.2 Å². The molecule has 1 unspecified atom stereocenters. The summed E-state index contributed by atoms with van der Waals surface area (Å²) in [6, 6.07) is 5.83. The van der Waals surface area contributed by atoms with Crippen molar-refractivity contribution in [1.29, 1.82) is 0 Å². The van der Waals surface area contributed by atoms with Crippen molar-refractivity contribution >= 4 is 11.6 Å². The van der Waals surface area contributed by atoms with Crippen LogP contribution in [0.5, 0.6) is 5.75 Å². The zero-order valence-corrected chi connectivity index (χ0v) is 9.68. The molecule has 1 aromatic carbocycles. The number of rotatable bonds is 4. The Hall–Kier alpha value is -0.730. The molecule has 0 saturated carbocycles. The molecule has 0 fully saturated rings. The van der Waals surface area contributed by atoms with Crippen LogP contribution in [0.4, 0.5) is 0 Å². The smallest absolute Gasteiger partial charge is 0.123 e. The fourth-order valence-electron chi connectivity index (χ4n) is 1.84. The molecule has 0 amide bonds. The quantitative estimate of drug-likeness (QED) is 0.796. The highest BCUT2D eigenvalue weighted by atomic mass is 35.5. The summed E-state index contributed by atoms with van der Waals surface area (Å²) >= 11 is 5.93. The summed E-state index contributed by atoms with van der Waals surface area (Å²) in [5.74, 6) is 0.989. The SMILES string of the molecule is CCCNCC1Cc2cc(Cl)ccc2O1. The maximum absolute atomic E-state index is 5.93. The third-order valence-electron chi connectivity index (χ3n) is 2.56. The van der Waals surface area contributed by atoms with Gasteiger partial charge in [-0.05, 0) is 36.7 Å². The third kappa shape index (κ3) is 2.64. The van der Waals surface area contributed by atoms with E-state index in [1.807, 2.05) is 18.2 Å². The average Bonchev–Trinajstić information content (AvgIpc) is 2.60. The zero-order valence-electron chi connectivity index (χ0n) is 8.92. The van der Waals surface area contributed by atoms with Crippen LogP contribution in [0.2, 0.25) is 5.02 Å². The Labute approximate surface area is 95.6 Å². The standard InChI is InChI=1S/C12H16ClNO/c1-2-5-14-8-11-7-9-6-10(13)3-4-12(9)15-11/h3-4,6,11,14H,2,5,7-8H2,1H3. The monoisotopic (exact) mass is 225 g/mol. The Morgan fingerprint density at radius 3 is 3.20 bits per heavy atom. The first-order chi connectivity index (χ1) is 7.29. The van der Waals surface area contributed by atoms with Crippen LogP contribution in [-0.2, 0) is 6.42 Å². The minimum atomic E-state index is 0.269. The molecule has 0 radical (unpaired) electrons. The van der Waals surface area contributed by atoms with Crippen LogP contribution < -0.4 is 10.1 Å². The molecule has 0 bridgehead atoms. The summed E-state index contributed by atoms with van der Waals surface area (Å²) in [4.78, 5) is 0. The van der Waals surface area contributed by atoms with E-state index in [0.29, 0.717) is 0 Å². The molecule has 2 nitrogen and oxygen atoms in total. The van der Waals surface area contributed by atoms with Crippen LogP contribution in [0, 0.1) is 0 Å². The summed E-state index contributed by atoms with van der Waals surface area (Å²) in [7, 11) is 0. The summed E-state index contributed by atoms with van der Waals surface area (Å²) in [6.07, 6.45) is 2.39. The van der Waals surface area contributed by atoms with Gasteiger partial charge in [-0.3, -0.25) is 0 Å². The number of ether oxygens (including phenoxy) is 1. The summed E-state index contributed by atoms with van der Waals surface area (Å²) in [5.41, 5.74) is 1.23. The topological polar surface area (TPSA) is 21.3 Å². The van der Waals surface area contributed by atoms with Gasteiger partial charge in [-0.2, -0.15) is 0 Å². The first-order valence-electron chi connectivity index (χ1n) is 5.45. The zero-order chi connectivity index (χ0) is 10.7. The lowest BCUT2D eigenvalue weighted by molar-refractivity contribution is 0.228. The molecule has 0 aliphatic carbocycles. The number of hydrogen-bond donors (Lipinski definition) is 1. The molecule has 1 aliphatic heterocycles. The van der Waals surface area contributed by atoms with Gasteiger partial charge < -0.3 is 10.1 Å². The van der Waals surface area contributed by atoms with Crippen molar-refractivity contribution in [2.24, 2.45) is 0 Å². The highest BCUT2D eigenvalue weighted by molar-refractivity contribution is 6.30. The van der Waals surface area contributed by atoms with Gasteiger partial charge in [0.1, 0.15) is 11.9 Å². The summed E-state index contributed by atoms with van der Waals surface area (Å²) in [5, 5.41) is 4.16. The molecule has 1 atom stereocenters. The Kier molecular flexibility index (Phi) is 3.49. The first-order valence-corrected chi connectivity index (χ1v) is 5.83. The predicted molar refractivity (Wildman–Crippen MR) is 62.7 cm³/mol. The fourth-order valence-corrected chi connectivity index (χ4v) is 2.04. The normalized spacial score (nSPS) is 18.7. The lowest BCUT2D eigenvalue weighted by atomic mass is 10.1. The molecule has 15 heavy (non-hydrogen) atoms. The first kappa shape index (κ1) is 10.8. The molecule has 1 aromatic rings. The van der Waals surface area contributed by atoms with Gasteiger partial charge in [0.2, 0.25) is 0 Å². The largest absolute Gasteiger partial charge is 0.488 e. The minimum Gasteiger partial charge on any atom is -0.488 e. The second-order valence-corrected chi connectivity index (χ2v) is 4.34. The molecule has 0 spiro atoms. The Morgan fingerprint density at radius 1 is 1.53 bits per heavy atom. The maximum atomic E-state index is 5.93. The van der Waals surface area contributed by atoms with Gasteiger partial charge in [-0.1, -0.05) is 18.5 Å². The molecular formula is C12H16ClNO. The van der Waals surface area contributed by atoms with Crippen LogP contribution in [0.3, 0.4) is 0 Å². The molecule has 1 heterocycles. The van der Waals surface area contributed by atoms with Crippen molar-refractivity contribution in [3.63, 3.8) is 0 Å². The van der Waals surface area contributed by atoms with Gasteiger partial charge in [0.25, 0.3) is 0 Å². The van der Waals surface area contributed by atoms with E-state index in [0.717, 1.165) is 36.7 Å². The van der Waals surface area contributed by atoms with E-state index in [9.17, 15) is 0 Å². The van der Waals surface area contributed by atoms with Crippen molar-refractivity contribution in [3.8, 4) is 5.75 Å². The van der Waals surface area contributed by atoms with Crippen molar-refractivity contribution in [3.05, 3.63) is 28.8 Å². The van der Waals surface area contributed by atoms with E-state index in [-0.39, 0.29) is 6.10 Å². The predicted octanol–water partition coefficient (Wildman–Crippen LogP) is 2.64. The van der Waals surface area contributed by atoms with Crippen molar-refractivity contribution in [1.82, 2.24) is 5.32 Å². The van der Waals surface area contributed by atoms with Gasteiger partial charge in [0, 0.05) is 18.0 Å². The molecule has 0 saturated heterocycles. The minimum absolute atomic E-state index is 0.269. The van der Waals surface area contributed by atoms with E-state index in [1.54, 1.807) is 0 Å². The lowest BCUT2D eigenvalue weighted by Crippen LogP contribution is -2.30. The highest BCUT2D eigenvalue weighted by Gasteiger charge is 2.22. The van der Waals surface area contributed by atoms with E-state index < -0.39 is 0 Å². The van der Waals surface area contributed by atoms with Crippen LogP contribution >= 0.6 is 11.6 Å². The van der Waals surface area contributed by atoms with Crippen LogP contribution in [-0.4, -0.2) is 19.2 Å². The second kappa shape index (κ2) is 4.86. The molecule has 82 valence electrons.